The van der Waals surface area contributed by atoms with Gasteiger partial charge in [0.15, 0.2) is 0 Å². The predicted molar refractivity (Wildman–Crippen MR) is 124 cm³/mol. The fourth-order valence-electron chi connectivity index (χ4n) is 3.21. The summed E-state index contributed by atoms with van der Waals surface area (Å²) < 4.78 is 0. The first kappa shape index (κ1) is 21.7. The van der Waals surface area contributed by atoms with Crippen LogP contribution in [-0.2, 0) is 4.79 Å². The lowest BCUT2D eigenvalue weighted by Gasteiger charge is -2.36. The monoisotopic (exact) mass is 430 g/mol. The van der Waals surface area contributed by atoms with E-state index in [1.807, 2.05) is 48.5 Å². The molecule has 1 N–H and O–H groups in total. The van der Waals surface area contributed by atoms with Crippen LogP contribution in [0, 0.1) is 0 Å². The third-order valence-corrected chi connectivity index (χ3v) is 6.02. The molecule has 0 spiro atoms. The molecule has 1 aliphatic heterocycles. The maximum Gasteiger partial charge on any atom is 0.250 e. The van der Waals surface area contributed by atoms with Crippen LogP contribution < -0.4 is 10.3 Å². The maximum atomic E-state index is 11.8. The number of carbonyl (C=O) groups is 1. The van der Waals surface area contributed by atoms with Gasteiger partial charge in [0.1, 0.15) is 0 Å². The van der Waals surface area contributed by atoms with Crippen LogP contribution in [0.25, 0.3) is 0 Å². The van der Waals surface area contributed by atoms with Crippen molar-refractivity contribution < 1.29 is 4.79 Å². The molecule has 1 amide bonds. The molecule has 2 aromatic rings. The van der Waals surface area contributed by atoms with E-state index in [9.17, 15) is 4.79 Å². The molecule has 29 heavy (non-hydrogen) atoms. The van der Waals surface area contributed by atoms with Gasteiger partial charge in [-0.05, 0) is 42.5 Å². The number of nitrogens with zero attached hydrogens (tertiary/aromatic N) is 3. The number of thioether (sulfide) groups is 1. The van der Waals surface area contributed by atoms with Crippen LogP contribution in [0.2, 0.25) is 5.02 Å². The highest BCUT2D eigenvalue weighted by atomic mass is 35.5. The van der Waals surface area contributed by atoms with Crippen LogP contribution in [0.4, 0.5) is 5.69 Å². The highest BCUT2D eigenvalue weighted by Gasteiger charge is 2.16. The van der Waals surface area contributed by atoms with Gasteiger partial charge < -0.3 is 4.90 Å². The number of carbonyl (C=O) groups excluding carboxylic acids is 1. The highest BCUT2D eigenvalue weighted by Crippen LogP contribution is 2.20. The largest absolute Gasteiger partial charge is 0.369 e. The summed E-state index contributed by atoms with van der Waals surface area (Å²) in [5, 5.41) is 4.78. The lowest BCUT2D eigenvalue weighted by Crippen LogP contribution is -2.46. The predicted octanol–water partition coefficient (Wildman–Crippen LogP) is 3.74. The lowest BCUT2D eigenvalue weighted by molar-refractivity contribution is -0.118. The molecule has 7 heteroatoms. The number of anilines is 1. The molecule has 0 unspecified atom stereocenters. The smallest absolute Gasteiger partial charge is 0.250 e. The van der Waals surface area contributed by atoms with Gasteiger partial charge in [0.05, 0.1) is 12.0 Å². The van der Waals surface area contributed by atoms with Gasteiger partial charge in [0.25, 0.3) is 0 Å². The Hall–Kier alpha value is -2.02. The quantitative estimate of drug-likeness (QED) is 0.374. The number of hydrogen-bond acceptors (Lipinski definition) is 5. The second-order valence-electron chi connectivity index (χ2n) is 6.92. The van der Waals surface area contributed by atoms with Gasteiger partial charge in [0, 0.05) is 36.9 Å². The van der Waals surface area contributed by atoms with E-state index < -0.39 is 0 Å². The Morgan fingerprint density at radius 3 is 2.66 bits per heavy atom. The lowest BCUT2D eigenvalue weighted by atomic mass is 10.2. The normalized spacial score (nSPS) is 15.0. The Bertz CT molecular complexity index is 794. The zero-order chi connectivity index (χ0) is 20.3. The summed E-state index contributed by atoms with van der Waals surface area (Å²) in [6, 6.07) is 17.8. The molecule has 1 aliphatic rings. The molecule has 2 aromatic carbocycles. The average molecular weight is 431 g/mol. The van der Waals surface area contributed by atoms with Crippen molar-refractivity contribution in [3.63, 3.8) is 0 Å². The van der Waals surface area contributed by atoms with E-state index in [4.69, 9.17) is 11.6 Å². The Morgan fingerprint density at radius 1 is 1.10 bits per heavy atom. The molecule has 1 fully saturated rings. The van der Waals surface area contributed by atoms with Crippen molar-refractivity contribution in [1.29, 1.82) is 0 Å². The van der Waals surface area contributed by atoms with Gasteiger partial charge in [-0.2, -0.15) is 16.9 Å². The second kappa shape index (κ2) is 11.9. The van der Waals surface area contributed by atoms with E-state index >= 15 is 0 Å². The summed E-state index contributed by atoms with van der Waals surface area (Å²) in [5.74, 6) is 1.36. The summed E-state index contributed by atoms with van der Waals surface area (Å²) in [4.78, 5) is 16.7. The van der Waals surface area contributed by atoms with Gasteiger partial charge in [-0.3, -0.25) is 9.69 Å². The molecule has 3 rings (SSSR count). The van der Waals surface area contributed by atoms with Crippen molar-refractivity contribution >= 4 is 41.2 Å². The first-order valence-corrected chi connectivity index (χ1v) is 11.4. The zero-order valence-electron chi connectivity index (χ0n) is 16.5. The third kappa shape index (κ3) is 7.72. The van der Waals surface area contributed by atoms with Gasteiger partial charge >= 0.3 is 0 Å². The van der Waals surface area contributed by atoms with Gasteiger partial charge in [-0.1, -0.05) is 48.0 Å². The molecular weight excluding hydrogens is 404 g/mol. The number of benzene rings is 2. The number of piperazine rings is 1. The minimum atomic E-state index is -0.0580. The molecule has 1 heterocycles. The highest BCUT2D eigenvalue weighted by molar-refractivity contribution is 7.99. The molecule has 0 aliphatic carbocycles. The van der Waals surface area contributed by atoms with Crippen molar-refractivity contribution in [2.75, 3.05) is 49.1 Å². The van der Waals surface area contributed by atoms with Crippen LogP contribution >= 0.6 is 23.4 Å². The first-order chi connectivity index (χ1) is 14.2. The Labute approximate surface area is 182 Å². The van der Waals surface area contributed by atoms with Crippen LogP contribution in [-0.4, -0.2) is 61.3 Å². The number of rotatable bonds is 9. The van der Waals surface area contributed by atoms with Crippen molar-refractivity contribution in [3.05, 3.63) is 65.2 Å². The summed E-state index contributed by atoms with van der Waals surface area (Å²) in [7, 11) is 0. The fourth-order valence-corrected chi connectivity index (χ4v) is 4.12. The minimum absolute atomic E-state index is 0.0580. The van der Waals surface area contributed by atoms with Crippen LogP contribution in [0.1, 0.15) is 12.0 Å². The van der Waals surface area contributed by atoms with E-state index in [0.29, 0.717) is 5.75 Å². The summed E-state index contributed by atoms with van der Waals surface area (Å²) in [5.41, 5.74) is 4.75. The summed E-state index contributed by atoms with van der Waals surface area (Å²) >= 11 is 7.75. The van der Waals surface area contributed by atoms with E-state index in [-0.39, 0.29) is 5.91 Å². The Balaban J connectivity index is 1.24. The summed E-state index contributed by atoms with van der Waals surface area (Å²) in [6.45, 7) is 5.24. The minimum Gasteiger partial charge on any atom is -0.369 e. The van der Waals surface area contributed by atoms with Gasteiger partial charge in [0.2, 0.25) is 5.91 Å². The van der Waals surface area contributed by atoms with Crippen molar-refractivity contribution in [2.45, 2.75) is 6.42 Å². The van der Waals surface area contributed by atoms with E-state index in [1.165, 1.54) is 5.69 Å². The van der Waals surface area contributed by atoms with Gasteiger partial charge in [-0.15, -0.1) is 0 Å². The third-order valence-electron chi connectivity index (χ3n) is 4.74. The van der Waals surface area contributed by atoms with Crippen molar-refractivity contribution in [1.82, 2.24) is 10.3 Å². The number of hydrazone groups is 1. The van der Waals surface area contributed by atoms with Gasteiger partial charge in [-0.25, -0.2) is 5.43 Å². The van der Waals surface area contributed by atoms with Crippen molar-refractivity contribution in [2.24, 2.45) is 5.10 Å². The summed E-state index contributed by atoms with van der Waals surface area (Å²) in [6.07, 6.45) is 2.74. The molecule has 1 saturated heterocycles. The van der Waals surface area contributed by atoms with E-state index in [0.717, 1.165) is 55.5 Å². The average Bonchev–Trinajstić information content (AvgIpc) is 2.75. The Kier molecular flexibility index (Phi) is 8.86. The fraction of sp³-hybridized carbons (Fsp3) is 0.364. The molecule has 5 nitrogen and oxygen atoms in total. The SMILES string of the molecule is O=C(CSCCCN1CCN(c2cccc(Cl)c2)CC1)N/N=C/c1ccccc1. The standard InChI is InChI=1S/C22H27ClN4OS/c23-20-8-4-9-21(16-20)27-13-11-26(12-14-27)10-5-15-29-18-22(28)25-24-17-19-6-2-1-3-7-19/h1-4,6-9,16-17H,5,10-15,18H2,(H,25,28)/b24-17+. The second-order valence-corrected chi connectivity index (χ2v) is 8.46. The van der Waals surface area contributed by atoms with Crippen LogP contribution in [0.15, 0.2) is 59.7 Å². The molecule has 0 atom stereocenters. The number of nitrogens with one attached hydrogen (secondary N) is 1. The number of hydrogen-bond donors (Lipinski definition) is 1. The molecule has 0 bridgehead atoms. The molecule has 0 saturated carbocycles. The Morgan fingerprint density at radius 2 is 1.90 bits per heavy atom. The van der Waals surface area contributed by atoms with Crippen LogP contribution in [0.3, 0.4) is 0 Å². The first-order valence-electron chi connectivity index (χ1n) is 9.88. The van der Waals surface area contributed by atoms with E-state index in [1.54, 1.807) is 18.0 Å². The maximum absolute atomic E-state index is 11.8. The number of halogens is 1. The van der Waals surface area contributed by atoms with Crippen LogP contribution in [0.5, 0.6) is 0 Å². The molecular formula is C22H27ClN4OS. The number of amides is 1. The molecule has 0 radical (unpaired) electrons. The molecule has 154 valence electrons. The topological polar surface area (TPSA) is 47.9 Å². The molecule has 0 aromatic heterocycles. The van der Waals surface area contributed by atoms with Crippen molar-refractivity contribution in [3.8, 4) is 0 Å². The zero-order valence-corrected chi connectivity index (χ0v) is 18.0. The van der Waals surface area contributed by atoms with E-state index in [2.05, 4.69) is 26.4 Å².